The van der Waals surface area contributed by atoms with Crippen molar-refractivity contribution < 1.29 is 0 Å². The summed E-state index contributed by atoms with van der Waals surface area (Å²) in [6.45, 7) is 12.5. The molecule has 0 saturated heterocycles. The fourth-order valence-electron chi connectivity index (χ4n) is 0.777. The van der Waals surface area contributed by atoms with E-state index in [-0.39, 0.29) is 10.8 Å². The molecule has 0 aliphatic carbocycles. The molecule has 1 aliphatic heterocycles. The van der Waals surface area contributed by atoms with Gasteiger partial charge in [-0.1, -0.05) is 41.5 Å². The third-order valence-corrected chi connectivity index (χ3v) is 2.87. The highest BCUT2D eigenvalue weighted by Gasteiger charge is 2.31. The van der Waals surface area contributed by atoms with E-state index in [4.69, 9.17) is 0 Å². The summed E-state index contributed by atoms with van der Waals surface area (Å²) in [5.74, 6) is 1.56. The molecule has 0 aromatic carbocycles. The second-order valence-electron chi connectivity index (χ2n) is 5.68. The van der Waals surface area contributed by atoms with E-state index in [0.29, 0.717) is 0 Å². The molecule has 0 saturated carbocycles. The normalized spacial score (nSPS) is 28.1. The summed E-state index contributed by atoms with van der Waals surface area (Å²) in [6.07, 6.45) is 0. The van der Waals surface area contributed by atoms with E-state index in [2.05, 4.69) is 59.1 Å². The van der Waals surface area contributed by atoms with Crippen LogP contribution in [0.3, 0.4) is 0 Å². The van der Waals surface area contributed by atoms with Gasteiger partial charge >= 0.3 is 23.5 Å². The molecule has 0 aromatic rings. The summed E-state index contributed by atoms with van der Waals surface area (Å²) < 4.78 is 17.3. The monoisotopic (exact) mass is 258 g/mol. The second-order valence-corrected chi connectivity index (χ2v) is 6.73. The van der Waals surface area contributed by atoms with Gasteiger partial charge in [-0.3, -0.25) is 0 Å². The van der Waals surface area contributed by atoms with Gasteiger partial charge in [0.25, 0.3) is 11.7 Å². The smallest absolute Gasteiger partial charge is 0.0526 e. The number of hydrogen-bond donors (Lipinski definition) is 0. The average Bonchev–Trinajstić information content (AvgIpc) is 1.96. The molecule has 0 bridgehead atoms. The first-order valence-electron chi connectivity index (χ1n) is 5.12. The molecule has 1 heterocycles. The van der Waals surface area contributed by atoms with E-state index in [0.717, 1.165) is 11.7 Å². The van der Waals surface area contributed by atoms with Crippen molar-refractivity contribution in [2.45, 2.75) is 41.5 Å². The summed E-state index contributed by atoms with van der Waals surface area (Å²) in [6, 6.07) is 0. The molecule has 88 valence electrons. The summed E-state index contributed by atoms with van der Waals surface area (Å²) >= 11 is 2.35. The van der Waals surface area contributed by atoms with Crippen LogP contribution in [0, 0.1) is 10.8 Å². The van der Waals surface area contributed by atoms with Crippen molar-refractivity contribution in [2.24, 2.45) is 28.4 Å². The molecule has 0 aromatic heterocycles. The van der Waals surface area contributed by atoms with Gasteiger partial charge < -0.3 is 0 Å². The maximum atomic E-state index is 4.32. The van der Waals surface area contributed by atoms with Gasteiger partial charge in [0.1, 0.15) is 0 Å². The molecular weight excluding hydrogens is 240 g/mol. The predicted molar refractivity (Wildman–Crippen MR) is 73.4 cm³/mol. The van der Waals surface area contributed by atoms with E-state index in [1.165, 1.54) is 23.5 Å². The Labute approximate surface area is 105 Å². The van der Waals surface area contributed by atoms with Crippen LogP contribution < -0.4 is 0 Å². The summed E-state index contributed by atoms with van der Waals surface area (Å²) in [4.78, 5) is 0. The standard InChI is InChI=1S/C10H18N4S2/c1-9(2,3)7-11-15-13-8(10(4,5)6)14-16-12-7/h1-6H3/q+2/b11-7-,12-7?,13-8?,14-8-. The van der Waals surface area contributed by atoms with E-state index >= 15 is 0 Å². The van der Waals surface area contributed by atoms with Gasteiger partial charge in [0, 0.05) is 10.8 Å². The summed E-state index contributed by atoms with van der Waals surface area (Å²) in [5, 5.41) is 0. The summed E-state index contributed by atoms with van der Waals surface area (Å²) in [5.41, 5.74) is -0.130. The van der Waals surface area contributed by atoms with Crippen LogP contribution in [0.1, 0.15) is 41.5 Å². The second kappa shape index (κ2) is 4.71. The molecule has 0 N–H and O–H groups in total. The molecule has 0 radical (unpaired) electrons. The van der Waals surface area contributed by atoms with E-state index in [1.54, 1.807) is 0 Å². The highest BCUT2D eigenvalue weighted by atomic mass is 32.2. The van der Waals surface area contributed by atoms with Gasteiger partial charge in [-0.05, 0) is 0 Å². The van der Waals surface area contributed by atoms with Gasteiger partial charge in [0.2, 0.25) is 0 Å². The summed E-state index contributed by atoms with van der Waals surface area (Å²) in [7, 11) is 0. The minimum Gasteiger partial charge on any atom is -0.0526 e. The van der Waals surface area contributed by atoms with Crippen LogP contribution in [0.2, 0.25) is 0 Å². The zero-order valence-electron chi connectivity index (χ0n) is 10.6. The van der Waals surface area contributed by atoms with Gasteiger partial charge in [0.05, 0.1) is 17.5 Å². The fourth-order valence-corrected chi connectivity index (χ4v) is 2.53. The van der Waals surface area contributed by atoms with Crippen LogP contribution in [0.15, 0.2) is 17.5 Å². The molecule has 4 nitrogen and oxygen atoms in total. The first-order valence-corrected chi connectivity index (χ1v) is 6.59. The van der Waals surface area contributed by atoms with Crippen LogP contribution in [-0.4, -0.2) is 11.7 Å². The zero-order chi connectivity index (χ0) is 12.4. The number of hydrogen-bond acceptors (Lipinski definition) is 4. The third-order valence-electron chi connectivity index (χ3n) is 1.85. The minimum atomic E-state index is -0.0652. The highest BCUT2D eigenvalue weighted by molar-refractivity contribution is 7.69. The van der Waals surface area contributed by atoms with Crippen molar-refractivity contribution >= 4 is 35.2 Å². The SMILES string of the molecule is CC(C)(C)C1=N/[S+]=N/C(C(C)(C)C)=N\[S+]=N\1. The molecule has 1 rings (SSSR count). The van der Waals surface area contributed by atoms with Crippen molar-refractivity contribution in [1.82, 2.24) is 0 Å². The molecule has 0 unspecified atom stereocenters. The highest BCUT2D eigenvalue weighted by Crippen LogP contribution is 2.20. The largest absolute Gasteiger partial charge is 0.511 e. The lowest BCUT2D eigenvalue weighted by Crippen LogP contribution is -2.20. The van der Waals surface area contributed by atoms with Gasteiger partial charge in [-0.25, -0.2) is 0 Å². The molecule has 0 fully saturated rings. The Morgan fingerprint density at radius 3 is 1.25 bits per heavy atom. The maximum Gasteiger partial charge on any atom is 0.511 e. The Kier molecular flexibility index (Phi) is 3.96. The van der Waals surface area contributed by atoms with E-state index < -0.39 is 0 Å². The lowest BCUT2D eigenvalue weighted by Gasteiger charge is -2.11. The molecule has 0 atom stereocenters. The Balaban J connectivity index is 2.98. The first kappa shape index (κ1) is 13.4. The lowest BCUT2D eigenvalue weighted by molar-refractivity contribution is 0.586. The molecule has 0 spiro atoms. The lowest BCUT2D eigenvalue weighted by atomic mass is 9.96. The van der Waals surface area contributed by atoms with Crippen molar-refractivity contribution in [3.8, 4) is 0 Å². The van der Waals surface area contributed by atoms with Gasteiger partial charge in [-0.15, -0.1) is 0 Å². The van der Waals surface area contributed by atoms with Crippen LogP contribution in [-0.2, 0) is 23.5 Å². The van der Waals surface area contributed by atoms with E-state index in [1.807, 2.05) is 0 Å². The Morgan fingerprint density at radius 2 is 1.00 bits per heavy atom. The topological polar surface area (TPSA) is 49.4 Å². The van der Waals surface area contributed by atoms with Crippen LogP contribution >= 0.6 is 0 Å². The molecule has 1 aliphatic rings. The fraction of sp³-hybridized carbons (Fsp3) is 0.800. The number of nitrogens with zero attached hydrogens (tertiary/aromatic N) is 4. The van der Waals surface area contributed by atoms with Crippen molar-refractivity contribution in [3.05, 3.63) is 0 Å². The molecule has 6 heteroatoms. The third kappa shape index (κ3) is 3.75. The van der Waals surface area contributed by atoms with Gasteiger partial charge in [0.15, 0.2) is 0 Å². The Morgan fingerprint density at radius 1 is 0.688 bits per heavy atom. The first-order chi connectivity index (χ1) is 7.21. The van der Waals surface area contributed by atoms with Crippen molar-refractivity contribution in [3.63, 3.8) is 0 Å². The zero-order valence-corrected chi connectivity index (χ0v) is 12.2. The predicted octanol–water partition coefficient (Wildman–Crippen LogP) is 3.25. The maximum absolute atomic E-state index is 4.32. The quantitative estimate of drug-likeness (QED) is 0.473. The van der Waals surface area contributed by atoms with Crippen LogP contribution in [0.5, 0.6) is 0 Å². The van der Waals surface area contributed by atoms with Crippen LogP contribution in [0.25, 0.3) is 0 Å². The van der Waals surface area contributed by atoms with Crippen molar-refractivity contribution in [2.75, 3.05) is 0 Å². The minimum absolute atomic E-state index is 0.0652. The van der Waals surface area contributed by atoms with Crippen molar-refractivity contribution in [1.29, 1.82) is 0 Å². The van der Waals surface area contributed by atoms with E-state index in [9.17, 15) is 0 Å². The Hall–Kier alpha value is -0.620. The Bertz CT molecular complexity index is 343. The number of amidine groups is 2. The molecular formula is C10H18N4S2+2. The average molecular weight is 258 g/mol. The molecule has 16 heavy (non-hydrogen) atoms. The van der Waals surface area contributed by atoms with Crippen LogP contribution in [0.4, 0.5) is 0 Å². The number of rotatable bonds is 0. The molecule has 0 amide bonds. The van der Waals surface area contributed by atoms with Gasteiger partial charge in [-0.2, -0.15) is 0 Å².